The Kier molecular flexibility index (Phi) is 5.27. The number of aromatic nitrogens is 2. The van der Waals surface area contributed by atoms with Gasteiger partial charge in [0.15, 0.2) is 0 Å². The third-order valence-corrected chi connectivity index (χ3v) is 5.73. The minimum atomic E-state index is -0.560. The lowest BCUT2D eigenvalue weighted by Gasteiger charge is -2.21. The number of aliphatic hydroxyl groups is 1. The molecule has 0 radical (unpaired) electrons. The molecule has 0 bridgehead atoms. The average Bonchev–Trinajstić information content (AvgIpc) is 3.32. The highest BCUT2D eigenvalue weighted by atomic mass is 35.5. The second-order valence-corrected chi connectivity index (χ2v) is 7.71. The second kappa shape index (κ2) is 7.82. The van der Waals surface area contributed by atoms with Crippen LogP contribution in [0.1, 0.15) is 28.9 Å². The lowest BCUT2D eigenvalue weighted by atomic mass is 10.0. The summed E-state index contributed by atoms with van der Waals surface area (Å²) in [4.78, 5) is 25.2. The molecule has 7 heteroatoms. The van der Waals surface area contributed by atoms with Crippen molar-refractivity contribution in [1.82, 2.24) is 14.9 Å². The number of likely N-dealkylation sites (tertiary alicyclic amines) is 1. The van der Waals surface area contributed by atoms with E-state index >= 15 is 0 Å². The van der Waals surface area contributed by atoms with Gasteiger partial charge in [-0.15, -0.1) is 0 Å². The molecule has 0 saturated carbocycles. The summed E-state index contributed by atoms with van der Waals surface area (Å²) < 4.78 is 0. The van der Waals surface area contributed by atoms with Gasteiger partial charge in [0.2, 0.25) is 0 Å². The van der Waals surface area contributed by atoms with Gasteiger partial charge < -0.3 is 14.9 Å². The highest BCUT2D eigenvalue weighted by Gasteiger charge is 2.34. The number of benzene rings is 1. The van der Waals surface area contributed by atoms with Crippen LogP contribution in [0.2, 0.25) is 5.02 Å². The van der Waals surface area contributed by atoms with Crippen LogP contribution in [-0.4, -0.2) is 58.2 Å². The first-order chi connectivity index (χ1) is 13.1. The van der Waals surface area contributed by atoms with Gasteiger partial charge in [-0.05, 0) is 37.5 Å². The Balaban J connectivity index is 1.44. The minimum Gasteiger partial charge on any atom is -0.391 e. The number of aliphatic hydroxyl groups excluding tert-OH is 1. The van der Waals surface area contributed by atoms with Crippen LogP contribution in [0.5, 0.6) is 0 Å². The van der Waals surface area contributed by atoms with Crippen molar-refractivity contribution in [1.29, 1.82) is 0 Å². The predicted molar refractivity (Wildman–Crippen MR) is 104 cm³/mol. The summed E-state index contributed by atoms with van der Waals surface area (Å²) in [6, 6.07) is 5.52. The zero-order valence-corrected chi connectivity index (χ0v) is 15.8. The normalized spacial score (nSPS) is 22.4. The molecule has 1 N–H and O–H groups in total. The van der Waals surface area contributed by atoms with Gasteiger partial charge in [0.25, 0.3) is 5.91 Å². The number of β-amino-alcohol motifs (C(OH)–C–C–N with tert-alkyl or cyclic N) is 1. The molecule has 2 aromatic rings. The van der Waals surface area contributed by atoms with Crippen molar-refractivity contribution in [2.24, 2.45) is 5.92 Å². The van der Waals surface area contributed by atoms with E-state index in [1.54, 1.807) is 29.6 Å². The van der Waals surface area contributed by atoms with Crippen LogP contribution < -0.4 is 4.90 Å². The van der Waals surface area contributed by atoms with Crippen LogP contribution in [0, 0.1) is 5.92 Å². The molecule has 142 valence electrons. The van der Waals surface area contributed by atoms with Crippen molar-refractivity contribution in [2.45, 2.75) is 25.4 Å². The zero-order chi connectivity index (χ0) is 18.8. The molecule has 2 fully saturated rings. The highest BCUT2D eigenvalue weighted by Crippen LogP contribution is 2.31. The van der Waals surface area contributed by atoms with E-state index in [2.05, 4.69) is 14.9 Å². The molecule has 2 aliphatic heterocycles. The second-order valence-electron chi connectivity index (χ2n) is 7.30. The first kappa shape index (κ1) is 18.2. The van der Waals surface area contributed by atoms with Crippen LogP contribution in [0.25, 0.3) is 0 Å². The summed E-state index contributed by atoms with van der Waals surface area (Å²) in [5, 5.41) is 11.0. The Bertz CT molecular complexity index is 811. The molecular formula is C20H23ClN4O2. The van der Waals surface area contributed by atoms with E-state index in [0.717, 1.165) is 24.5 Å². The summed E-state index contributed by atoms with van der Waals surface area (Å²) >= 11 is 6.45. The molecule has 1 aromatic carbocycles. The lowest BCUT2D eigenvalue weighted by Crippen LogP contribution is -2.29. The van der Waals surface area contributed by atoms with Gasteiger partial charge in [-0.3, -0.25) is 14.8 Å². The maximum Gasteiger partial charge on any atom is 0.254 e. The number of halogens is 1. The van der Waals surface area contributed by atoms with Gasteiger partial charge in [-0.1, -0.05) is 11.6 Å². The Morgan fingerprint density at radius 1 is 1.22 bits per heavy atom. The van der Waals surface area contributed by atoms with Crippen molar-refractivity contribution < 1.29 is 9.90 Å². The van der Waals surface area contributed by atoms with E-state index in [1.165, 1.54) is 12.8 Å². The van der Waals surface area contributed by atoms with Gasteiger partial charge in [-0.2, -0.15) is 0 Å². The first-order valence-corrected chi connectivity index (χ1v) is 9.76. The summed E-state index contributed by atoms with van der Waals surface area (Å²) in [6.07, 6.45) is 7.37. The highest BCUT2D eigenvalue weighted by molar-refractivity contribution is 6.33. The Morgan fingerprint density at radius 3 is 2.74 bits per heavy atom. The molecule has 27 heavy (non-hydrogen) atoms. The van der Waals surface area contributed by atoms with E-state index in [-0.39, 0.29) is 11.8 Å². The third kappa shape index (κ3) is 3.92. The van der Waals surface area contributed by atoms with E-state index in [4.69, 9.17) is 11.6 Å². The Morgan fingerprint density at radius 2 is 2.04 bits per heavy atom. The third-order valence-electron chi connectivity index (χ3n) is 5.42. The Labute approximate surface area is 163 Å². The number of rotatable bonds is 4. The monoisotopic (exact) mass is 386 g/mol. The number of hydrogen-bond acceptors (Lipinski definition) is 5. The average molecular weight is 387 g/mol. The van der Waals surface area contributed by atoms with Gasteiger partial charge in [0, 0.05) is 56.3 Å². The van der Waals surface area contributed by atoms with Crippen molar-refractivity contribution in [3.8, 4) is 0 Å². The maximum absolute atomic E-state index is 12.9. The fraction of sp³-hybridized carbons (Fsp3) is 0.450. The zero-order valence-electron chi connectivity index (χ0n) is 15.1. The number of carbonyl (C=O) groups excluding carboxylic acids is 1. The van der Waals surface area contributed by atoms with Crippen LogP contribution >= 0.6 is 11.6 Å². The first-order valence-electron chi connectivity index (χ1n) is 9.38. The van der Waals surface area contributed by atoms with Gasteiger partial charge >= 0.3 is 0 Å². The predicted octanol–water partition coefficient (Wildman–Crippen LogP) is 2.41. The molecule has 2 atom stereocenters. The molecule has 6 nitrogen and oxygen atoms in total. The largest absolute Gasteiger partial charge is 0.391 e. The van der Waals surface area contributed by atoms with Crippen LogP contribution in [-0.2, 0) is 6.42 Å². The molecule has 4 rings (SSSR count). The van der Waals surface area contributed by atoms with E-state index in [0.29, 0.717) is 30.1 Å². The summed E-state index contributed by atoms with van der Waals surface area (Å²) in [6.45, 7) is 2.85. The molecule has 0 aliphatic carbocycles. The summed E-state index contributed by atoms with van der Waals surface area (Å²) in [5.74, 6) is -0.129. The van der Waals surface area contributed by atoms with E-state index in [1.807, 2.05) is 12.1 Å². The summed E-state index contributed by atoms with van der Waals surface area (Å²) in [5.41, 5.74) is 2.39. The van der Waals surface area contributed by atoms with Crippen LogP contribution in [0.4, 0.5) is 5.69 Å². The van der Waals surface area contributed by atoms with Gasteiger partial charge in [-0.25, -0.2) is 0 Å². The smallest absolute Gasteiger partial charge is 0.254 e. The van der Waals surface area contributed by atoms with Gasteiger partial charge in [0.05, 0.1) is 22.5 Å². The van der Waals surface area contributed by atoms with E-state index in [9.17, 15) is 9.90 Å². The molecule has 3 heterocycles. The maximum atomic E-state index is 12.9. The number of carbonyl (C=O) groups is 1. The summed E-state index contributed by atoms with van der Waals surface area (Å²) in [7, 11) is 0. The topological polar surface area (TPSA) is 69.6 Å². The fourth-order valence-corrected chi connectivity index (χ4v) is 4.26. The number of anilines is 1. The molecule has 2 saturated heterocycles. The molecule has 0 spiro atoms. The number of amides is 1. The van der Waals surface area contributed by atoms with Crippen molar-refractivity contribution in [3.05, 3.63) is 53.1 Å². The standard InChI is InChI=1S/C20H23ClN4O2/c21-17-10-14(3-4-18(17)24-7-1-2-8-24)20(27)25-12-15(19(26)13-25)9-16-11-22-5-6-23-16/h3-6,10-11,15,19,26H,1-2,7-9,12-13H2/t15-,19-/m1/s1. The molecule has 1 aromatic heterocycles. The number of hydrogen-bond donors (Lipinski definition) is 1. The van der Waals surface area contributed by atoms with Crippen molar-refractivity contribution in [3.63, 3.8) is 0 Å². The van der Waals surface area contributed by atoms with Crippen LogP contribution in [0.3, 0.4) is 0 Å². The van der Waals surface area contributed by atoms with E-state index < -0.39 is 6.10 Å². The quantitative estimate of drug-likeness (QED) is 0.873. The SMILES string of the molecule is O=C(c1ccc(N2CCCC2)c(Cl)c1)N1C[C@@H](Cc2cnccn2)[C@H](O)C1. The lowest BCUT2D eigenvalue weighted by molar-refractivity contribution is 0.0764. The van der Waals surface area contributed by atoms with Crippen LogP contribution in [0.15, 0.2) is 36.8 Å². The van der Waals surface area contributed by atoms with Crippen molar-refractivity contribution >= 4 is 23.2 Å². The van der Waals surface area contributed by atoms with Gasteiger partial charge in [0.1, 0.15) is 0 Å². The molecule has 2 aliphatic rings. The fourth-order valence-electron chi connectivity index (χ4n) is 3.96. The molecule has 1 amide bonds. The Hall–Kier alpha value is -2.18. The molecule has 0 unspecified atom stereocenters. The number of nitrogens with zero attached hydrogens (tertiary/aromatic N) is 4. The minimum absolute atomic E-state index is 0.0370. The molecular weight excluding hydrogens is 364 g/mol. The van der Waals surface area contributed by atoms with Crippen molar-refractivity contribution in [2.75, 3.05) is 31.1 Å².